The first-order chi connectivity index (χ1) is 17.7. The molecule has 0 bridgehead atoms. The van der Waals surface area contributed by atoms with Crippen molar-refractivity contribution in [2.24, 2.45) is 5.92 Å². The van der Waals surface area contributed by atoms with E-state index in [0.717, 1.165) is 47.1 Å². The molecular weight excluding hydrogens is 446 g/mol. The van der Waals surface area contributed by atoms with Crippen LogP contribution in [0.2, 0.25) is 0 Å². The zero-order valence-corrected chi connectivity index (χ0v) is 21.8. The molecule has 0 radical (unpaired) electrons. The molecule has 1 N–H and O–H groups in total. The van der Waals surface area contributed by atoms with E-state index in [9.17, 15) is 0 Å². The molecular formula is C30H38N5O+. The molecule has 0 saturated heterocycles. The third-order valence-corrected chi connectivity index (χ3v) is 7.04. The highest BCUT2D eigenvalue weighted by Crippen LogP contribution is 2.31. The zero-order chi connectivity index (χ0) is 24.9. The lowest BCUT2D eigenvalue weighted by Gasteiger charge is -2.23. The highest BCUT2D eigenvalue weighted by molar-refractivity contribution is 5.78. The highest BCUT2D eigenvalue weighted by atomic mass is 16.5. The number of anilines is 1. The van der Waals surface area contributed by atoms with E-state index in [1.807, 2.05) is 12.1 Å². The van der Waals surface area contributed by atoms with Gasteiger partial charge in [-0.15, -0.1) is 0 Å². The summed E-state index contributed by atoms with van der Waals surface area (Å²) in [6, 6.07) is 21.3. The topological polar surface area (TPSA) is 55.3 Å². The average molecular weight is 485 g/mol. The molecule has 2 heterocycles. The van der Waals surface area contributed by atoms with Crippen LogP contribution in [0.5, 0.6) is 0 Å². The predicted molar refractivity (Wildman–Crippen MR) is 145 cm³/mol. The second-order valence-corrected chi connectivity index (χ2v) is 10.3. The Morgan fingerprint density at radius 3 is 2.19 bits per heavy atom. The van der Waals surface area contributed by atoms with Crippen LogP contribution >= 0.6 is 0 Å². The lowest BCUT2D eigenvalue weighted by atomic mass is 9.95. The summed E-state index contributed by atoms with van der Waals surface area (Å²) in [4.78, 5) is 5.32. The van der Waals surface area contributed by atoms with Crippen LogP contribution in [0.4, 0.5) is 5.82 Å². The van der Waals surface area contributed by atoms with Gasteiger partial charge in [0.25, 0.3) is 0 Å². The molecule has 2 aromatic heterocycles. The maximum atomic E-state index is 5.52. The summed E-state index contributed by atoms with van der Waals surface area (Å²) in [5.41, 5.74) is 5.19. The summed E-state index contributed by atoms with van der Waals surface area (Å²) in [7, 11) is 1.76. The molecule has 5 rings (SSSR count). The van der Waals surface area contributed by atoms with E-state index in [-0.39, 0.29) is 0 Å². The summed E-state index contributed by atoms with van der Waals surface area (Å²) in [6.45, 7) is 5.92. The molecule has 1 aliphatic carbocycles. The number of rotatable bonds is 9. The predicted octanol–water partition coefficient (Wildman–Crippen LogP) is 5.94. The van der Waals surface area contributed by atoms with E-state index in [1.54, 1.807) is 7.11 Å². The molecule has 0 aliphatic heterocycles. The van der Waals surface area contributed by atoms with E-state index >= 15 is 0 Å². The van der Waals surface area contributed by atoms with Gasteiger partial charge in [0.15, 0.2) is 5.69 Å². The number of benzene rings is 2. The lowest BCUT2D eigenvalue weighted by molar-refractivity contribution is -0.681. The van der Waals surface area contributed by atoms with Crippen LogP contribution in [-0.2, 0) is 17.7 Å². The van der Waals surface area contributed by atoms with Gasteiger partial charge < -0.3 is 10.1 Å². The molecule has 0 amide bonds. The molecule has 6 nitrogen and oxygen atoms in total. The Morgan fingerprint density at radius 1 is 0.944 bits per heavy atom. The fraction of sp³-hybridized carbons (Fsp3) is 0.433. The number of imidazole rings is 1. The maximum absolute atomic E-state index is 5.52. The summed E-state index contributed by atoms with van der Waals surface area (Å²) >= 11 is 0. The second-order valence-electron chi connectivity index (χ2n) is 10.3. The van der Waals surface area contributed by atoms with E-state index in [1.165, 1.54) is 37.8 Å². The van der Waals surface area contributed by atoms with Crippen molar-refractivity contribution in [3.8, 4) is 22.5 Å². The summed E-state index contributed by atoms with van der Waals surface area (Å²) in [5.74, 6) is 2.45. The second kappa shape index (κ2) is 11.2. The first kappa shape index (κ1) is 24.4. The van der Waals surface area contributed by atoms with Crippen LogP contribution in [0.1, 0.15) is 51.6 Å². The first-order valence-corrected chi connectivity index (χ1v) is 13.4. The van der Waals surface area contributed by atoms with Gasteiger partial charge >= 0.3 is 5.78 Å². The smallest absolute Gasteiger partial charge is 0.381 e. The summed E-state index contributed by atoms with van der Waals surface area (Å²) in [6.07, 6.45) is 7.25. The van der Waals surface area contributed by atoms with Crippen molar-refractivity contribution in [3.63, 3.8) is 0 Å². The largest absolute Gasteiger partial charge is 0.425 e. The van der Waals surface area contributed by atoms with Gasteiger partial charge in [-0.05, 0) is 18.8 Å². The van der Waals surface area contributed by atoms with E-state index in [4.69, 9.17) is 14.8 Å². The SMILES string of the molecule is COCC[n+]1c(CC(C)C)c(NC2CCCCC2)n2nc(-c3ccccc3)c(-c3ccccc3)nc21. The van der Waals surface area contributed by atoms with Gasteiger partial charge in [-0.2, -0.15) is 0 Å². The standard InChI is InChI=1S/C30H38N5O/c1-22(2)21-26-29(31-25-17-11-6-12-18-25)35-30(34(26)19-20-36-3)32-27(23-13-7-4-8-14-23)28(33-35)24-15-9-5-10-16-24/h4-5,7-10,13-16,22,25,31H,6,11-12,17-21H2,1-3H3/q+1. The number of hydrogen-bond acceptors (Lipinski definition) is 4. The average Bonchev–Trinajstić information content (AvgIpc) is 3.18. The van der Waals surface area contributed by atoms with Crippen molar-refractivity contribution in [3.05, 3.63) is 66.4 Å². The van der Waals surface area contributed by atoms with Crippen LogP contribution in [0.3, 0.4) is 0 Å². The van der Waals surface area contributed by atoms with Gasteiger partial charge in [0, 0.05) is 30.7 Å². The molecule has 1 fully saturated rings. The van der Waals surface area contributed by atoms with Crippen molar-refractivity contribution in [1.82, 2.24) is 14.6 Å². The Balaban J connectivity index is 1.77. The van der Waals surface area contributed by atoms with Gasteiger partial charge in [0.2, 0.25) is 5.82 Å². The van der Waals surface area contributed by atoms with Crippen LogP contribution in [-0.4, -0.2) is 34.4 Å². The van der Waals surface area contributed by atoms with Gasteiger partial charge in [-0.1, -0.05) is 108 Å². The van der Waals surface area contributed by atoms with Crippen molar-refractivity contribution in [2.75, 3.05) is 19.0 Å². The third kappa shape index (κ3) is 5.14. The molecule has 0 spiro atoms. The van der Waals surface area contributed by atoms with E-state index in [0.29, 0.717) is 18.6 Å². The van der Waals surface area contributed by atoms with Crippen LogP contribution in [0, 0.1) is 5.92 Å². The lowest BCUT2D eigenvalue weighted by Crippen LogP contribution is -2.40. The van der Waals surface area contributed by atoms with Crippen molar-refractivity contribution in [1.29, 1.82) is 0 Å². The number of fused-ring (bicyclic) bond motifs is 1. The van der Waals surface area contributed by atoms with Crippen molar-refractivity contribution in [2.45, 2.75) is 65.0 Å². The van der Waals surface area contributed by atoms with Crippen LogP contribution in [0.15, 0.2) is 60.7 Å². The van der Waals surface area contributed by atoms with Crippen molar-refractivity contribution < 1.29 is 9.30 Å². The Bertz CT molecular complexity index is 1280. The Kier molecular flexibility index (Phi) is 7.61. The Hall–Kier alpha value is -3.25. The normalized spacial score (nSPS) is 14.6. The third-order valence-electron chi connectivity index (χ3n) is 7.04. The van der Waals surface area contributed by atoms with Gasteiger partial charge in [-0.25, -0.2) is 4.57 Å². The van der Waals surface area contributed by atoms with Gasteiger partial charge in [-0.3, -0.25) is 0 Å². The molecule has 1 saturated carbocycles. The maximum Gasteiger partial charge on any atom is 0.425 e. The quantitative estimate of drug-likeness (QED) is 0.299. The minimum Gasteiger partial charge on any atom is -0.381 e. The fourth-order valence-electron chi connectivity index (χ4n) is 5.27. The molecule has 4 aromatic rings. The summed E-state index contributed by atoms with van der Waals surface area (Å²) in [5, 5.41) is 9.25. The fourth-order valence-corrected chi connectivity index (χ4v) is 5.27. The Morgan fingerprint density at radius 2 is 1.58 bits per heavy atom. The van der Waals surface area contributed by atoms with Gasteiger partial charge in [0.05, 0.1) is 13.2 Å². The number of nitrogens with zero attached hydrogens (tertiary/aromatic N) is 4. The number of nitrogens with one attached hydrogen (secondary N) is 1. The molecule has 36 heavy (non-hydrogen) atoms. The molecule has 1 aliphatic rings. The minimum atomic E-state index is 0.467. The molecule has 6 heteroatoms. The zero-order valence-electron chi connectivity index (χ0n) is 21.8. The number of aromatic nitrogens is 4. The monoisotopic (exact) mass is 484 g/mol. The van der Waals surface area contributed by atoms with Crippen molar-refractivity contribution >= 4 is 11.6 Å². The van der Waals surface area contributed by atoms with Crippen LogP contribution < -0.4 is 9.88 Å². The summed E-state index contributed by atoms with van der Waals surface area (Å²) < 4.78 is 9.91. The first-order valence-electron chi connectivity index (χ1n) is 13.4. The van der Waals surface area contributed by atoms with Gasteiger partial charge in [0.1, 0.15) is 11.4 Å². The molecule has 0 unspecified atom stereocenters. The minimum absolute atomic E-state index is 0.467. The number of ether oxygens (including phenoxy) is 1. The number of hydrogen-bond donors (Lipinski definition) is 1. The van der Waals surface area contributed by atoms with E-state index < -0.39 is 0 Å². The Labute approximate surface area is 214 Å². The molecule has 2 aromatic carbocycles. The van der Waals surface area contributed by atoms with E-state index in [2.05, 4.69) is 76.8 Å². The van der Waals surface area contributed by atoms with Crippen LogP contribution in [0.25, 0.3) is 28.3 Å². The number of methoxy groups -OCH3 is 1. The molecule has 188 valence electrons. The highest BCUT2D eigenvalue weighted by Gasteiger charge is 2.32. The molecule has 0 atom stereocenters.